The molecule has 0 aliphatic carbocycles. The number of hydrogen-bond donors (Lipinski definition) is 2. The first-order valence-electron chi connectivity index (χ1n) is 7.16. The van der Waals surface area contributed by atoms with Gasteiger partial charge in [-0.2, -0.15) is 5.26 Å². The number of rotatable bonds is 3. The van der Waals surface area contributed by atoms with Crippen LogP contribution in [0.4, 0.5) is 15.8 Å². The first-order valence-corrected chi connectivity index (χ1v) is 7.16. The van der Waals surface area contributed by atoms with Crippen molar-refractivity contribution in [3.63, 3.8) is 0 Å². The van der Waals surface area contributed by atoms with Crippen LogP contribution in [0.2, 0.25) is 0 Å². The molecule has 0 atom stereocenters. The van der Waals surface area contributed by atoms with E-state index in [0.29, 0.717) is 33.5 Å². The Morgan fingerprint density at radius 1 is 1.24 bits per heavy atom. The van der Waals surface area contributed by atoms with E-state index < -0.39 is 5.82 Å². The summed E-state index contributed by atoms with van der Waals surface area (Å²) in [7, 11) is 1.48. The average molecular weight is 360 g/mol. The van der Waals surface area contributed by atoms with E-state index in [-0.39, 0.29) is 23.8 Å². The molecule has 2 aromatic carbocycles. The molecule has 0 amide bonds. The van der Waals surface area contributed by atoms with E-state index in [0.717, 1.165) is 0 Å². The second-order valence-electron chi connectivity index (χ2n) is 5.28. The van der Waals surface area contributed by atoms with Crippen molar-refractivity contribution in [2.45, 2.75) is 6.92 Å². The maximum atomic E-state index is 14.1. The Labute approximate surface area is 150 Å². The molecule has 0 unspecified atom stereocenters. The smallest absolute Gasteiger partial charge is 0.147 e. The van der Waals surface area contributed by atoms with Crippen molar-refractivity contribution in [1.29, 1.82) is 5.26 Å². The fourth-order valence-corrected chi connectivity index (χ4v) is 2.44. The van der Waals surface area contributed by atoms with Crippen molar-refractivity contribution in [2.75, 3.05) is 12.4 Å². The molecule has 0 aliphatic heterocycles. The van der Waals surface area contributed by atoms with Crippen LogP contribution in [0, 0.1) is 24.1 Å². The van der Waals surface area contributed by atoms with E-state index in [9.17, 15) is 14.8 Å². The third-order valence-corrected chi connectivity index (χ3v) is 3.74. The summed E-state index contributed by atoms with van der Waals surface area (Å²) in [5, 5.41) is 22.6. The van der Waals surface area contributed by atoms with Gasteiger partial charge < -0.3 is 15.2 Å². The lowest BCUT2D eigenvalue weighted by Crippen LogP contribution is -1.97. The Bertz CT molecular complexity index is 986. The number of phenolic OH excluding ortho intramolecular Hbond substituents is 1. The fourth-order valence-electron chi connectivity index (χ4n) is 2.44. The highest BCUT2D eigenvalue weighted by molar-refractivity contribution is 5.95. The summed E-state index contributed by atoms with van der Waals surface area (Å²) in [6, 6.07) is 9.60. The summed E-state index contributed by atoms with van der Waals surface area (Å²) in [5.74, 6) is -0.0604. The van der Waals surface area contributed by atoms with Crippen LogP contribution < -0.4 is 10.1 Å². The number of phenols is 1. The van der Waals surface area contributed by atoms with E-state index in [2.05, 4.69) is 16.4 Å². The molecule has 0 aliphatic rings. The second kappa shape index (κ2) is 7.24. The maximum Gasteiger partial charge on any atom is 0.147 e. The van der Waals surface area contributed by atoms with Gasteiger partial charge in [-0.3, -0.25) is 4.98 Å². The molecular weight excluding hydrogens is 345 g/mol. The van der Waals surface area contributed by atoms with Gasteiger partial charge in [-0.1, -0.05) is 0 Å². The van der Waals surface area contributed by atoms with Crippen molar-refractivity contribution >= 4 is 34.7 Å². The third kappa shape index (κ3) is 3.42. The van der Waals surface area contributed by atoms with Crippen LogP contribution in [0.25, 0.3) is 10.9 Å². The van der Waals surface area contributed by atoms with Crippen molar-refractivity contribution < 1.29 is 14.2 Å². The van der Waals surface area contributed by atoms with Crippen molar-refractivity contribution in [2.24, 2.45) is 0 Å². The van der Waals surface area contributed by atoms with E-state index in [4.69, 9.17) is 4.74 Å². The number of halogens is 2. The van der Waals surface area contributed by atoms with Crippen molar-refractivity contribution in [3.8, 4) is 17.6 Å². The predicted molar refractivity (Wildman–Crippen MR) is 96.3 cm³/mol. The summed E-state index contributed by atoms with van der Waals surface area (Å²) in [4.78, 5) is 4.25. The lowest BCUT2D eigenvalue weighted by Gasteiger charge is -2.13. The topological polar surface area (TPSA) is 78.2 Å². The quantitative estimate of drug-likeness (QED) is 0.723. The number of aryl methyl sites for hydroxylation is 1. The van der Waals surface area contributed by atoms with Crippen LogP contribution in [-0.4, -0.2) is 17.2 Å². The SMILES string of the molecule is COc1cc2nccc(Nc3cc(O)c(C)cc3F)c2cc1C#N.Cl. The molecular formula is C18H15ClFN3O2. The molecule has 3 rings (SSSR count). The van der Waals surface area contributed by atoms with Gasteiger partial charge in [0.2, 0.25) is 0 Å². The molecule has 0 bridgehead atoms. The van der Waals surface area contributed by atoms with Crippen LogP contribution in [0.15, 0.2) is 36.5 Å². The highest BCUT2D eigenvalue weighted by Crippen LogP contribution is 2.33. The summed E-state index contributed by atoms with van der Waals surface area (Å²) in [6.45, 7) is 1.62. The number of fused-ring (bicyclic) bond motifs is 1. The molecule has 5 nitrogen and oxygen atoms in total. The molecule has 0 fully saturated rings. The zero-order valence-electron chi connectivity index (χ0n) is 13.5. The molecule has 25 heavy (non-hydrogen) atoms. The molecule has 0 saturated heterocycles. The van der Waals surface area contributed by atoms with Gasteiger partial charge >= 0.3 is 0 Å². The van der Waals surface area contributed by atoms with E-state index in [1.807, 2.05) is 0 Å². The molecule has 2 N–H and O–H groups in total. The maximum absolute atomic E-state index is 14.1. The van der Waals surface area contributed by atoms with E-state index in [1.54, 1.807) is 31.3 Å². The summed E-state index contributed by atoms with van der Waals surface area (Å²) < 4.78 is 19.3. The molecule has 128 valence electrons. The molecule has 1 heterocycles. The van der Waals surface area contributed by atoms with Gasteiger partial charge in [-0.25, -0.2) is 4.39 Å². The van der Waals surface area contributed by atoms with Crippen molar-refractivity contribution in [1.82, 2.24) is 4.98 Å². The highest BCUT2D eigenvalue weighted by atomic mass is 35.5. The predicted octanol–water partition coefficient (Wildman–Crippen LogP) is 4.43. The lowest BCUT2D eigenvalue weighted by molar-refractivity contribution is 0.414. The Hall–Kier alpha value is -3.04. The van der Waals surface area contributed by atoms with Crippen LogP contribution in [0.5, 0.6) is 11.5 Å². The molecule has 0 radical (unpaired) electrons. The molecule has 1 aromatic heterocycles. The molecule has 0 saturated carbocycles. The van der Waals surface area contributed by atoms with Gasteiger partial charge in [0.25, 0.3) is 0 Å². The largest absolute Gasteiger partial charge is 0.508 e. The summed E-state index contributed by atoms with van der Waals surface area (Å²) in [5.41, 5.74) is 2.12. The normalized spacial score (nSPS) is 10.0. The van der Waals surface area contributed by atoms with Gasteiger partial charge in [0.15, 0.2) is 0 Å². The molecule has 7 heteroatoms. The number of nitrogens with zero attached hydrogens (tertiary/aromatic N) is 2. The average Bonchev–Trinajstić information content (AvgIpc) is 2.58. The lowest BCUT2D eigenvalue weighted by atomic mass is 10.1. The van der Waals surface area contributed by atoms with Crippen LogP contribution in [0.1, 0.15) is 11.1 Å². The van der Waals surface area contributed by atoms with Crippen molar-refractivity contribution in [3.05, 3.63) is 53.5 Å². The number of benzene rings is 2. The summed E-state index contributed by atoms with van der Waals surface area (Å²) >= 11 is 0. The number of aromatic hydroxyl groups is 1. The standard InChI is InChI=1S/C18H14FN3O2.ClH/c1-10-5-13(19)16(7-17(10)23)22-14-3-4-21-15-8-18(24-2)11(9-20)6-12(14)15;/h3-8,23H,1-2H3,(H,21,22);1H. The van der Waals surface area contributed by atoms with Crippen LogP contribution in [-0.2, 0) is 0 Å². The molecule has 0 spiro atoms. The number of pyridine rings is 1. The fraction of sp³-hybridized carbons (Fsp3) is 0.111. The number of nitriles is 1. The van der Waals surface area contributed by atoms with E-state index in [1.165, 1.54) is 19.2 Å². The second-order valence-corrected chi connectivity index (χ2v) is 5.28. The minimum atomic E-state index is -0.482. The molecule has 3 aromatic rings. The zero-order valence-corrected chi connectivity index (χ0v) is 14.3. The van der Waals surface area contributed by atoms with Gasteiger partial charge in [-0.15, -0.1) is 12.4 Å². The monoisotopic (exact) mass is 359 g/mol. The number of hydrogen-bond acceptors (Lipinski definition) is 5. The van der Waals surface area contributed by atoms with Gasteiger partial charge in [0, 0.05) is 29.4 Å². The zero-order chi connectivity index (χ0) is 17.3. The van der Waals surface area contributed by atoms with Gasteiger partial charge in [0.05, 0.1) is 23.9 Å². The first-order chi connectivity index (χ1) is 11.5. The number of anilines is 2. The van der Waals surface area contributed by atoms with Gasteiger partial charge in [0.1, 0.15) is 23.4 Å². The number of methoxy groups -OCH3 is 1. The Balaban J connectivity index is 0.00000225. The van der Waals surface area contributed by atoms with Gasteiger partial charge in [-0.05, 0) is 30.7 Å². The van der Waals surface area contributed by atoms with Crippen LogP contribution >= 0.6 is 12.4 Å². The highest BCUT2D eigenvalue weighted by Gasteiger charge is 2.12. The van der Waals surface area contributed by atoms with E-state index >= 15 is 0 Å². The minimum absolute atomic E-state index is 0. The number of aromatic nitrogens is 1. The Kier molecular flexibility index (Phi) is 5.30. The number of ether oxygens (including phenoxy) is 1. The minimum Gasteiger partial charge on any atom is -0.508 e. The third-order valence-electron chi connectivity index (χ3n) is 3.74. The van der Waals surface area contributed by atoms with Crippen LogP contribution in [0.3, 0.4) is 0 Å². The number of nitrogens with one attached hydrogen (secondary N) is 1. The first kappa shape index (κ1) is 18.3. The summed E-state index contributed by atoms with van der Waals surface area (Å²) in [6.07, 6.45) is 1.57. The Morgan fingerprint density at radius 3 is 2.68 bits per heavy atom. The Morgan fingerprint density at radius 2 is 2.00 bits per heavy atom.